The van der Waals surface area contributed by atoms with E-state index >= 15 is 0 Å². The first-order valence-corrected chi connectivity index (χ1v) is 15.5. The van der Waals surface area contributed by atoms with E-state index in [1.54, 1.807) is 24.3 Å². The average molecular weight is 565 g/mol. The third-order valence-electron chi connectivity index (χ3n) is 7.36. The second kappa shape index (κ2) is 17.7. The van der Waals surface area contributed by atoms with Gasteiger partial charge < -0.3 is 14.2 Å². The lowest BCUT2D eigenvalue weighted by Gasteiger charge is -2.09. The molecule has 0 aliphatic rings. The summed E-state index contributed by atoms with van der Waals surface area (Å²) in [6.07, 6.45) is 13.1. The van der Waals surface area contributed by atoms with Gasteiger partial charge in [0.1, 0.15) is 23.9 Å². The summed E-state index contributed by atoms with van der Waals surface area (Å²) in [5.74, 6) is 1.73. The highest BCUT2D eigenvalue weighted by molar-refractivity contribution is 5.91. The Morgan fingerprint density at radius 2 is 1.02 bits per heavy atom. The first-order chi connectivity index (χ1) is 20.7. The summed E-state index contributed by atoms with van der Waals surface area (Å²) in [5.41, 5.74) is 3.70. The molecule has 0 N–H and O–H groups in total. The van der Waals surface area contributed by atoms with E-state index in [9.17, 15) is 4.79 Å². The van der Waals surface area contributed by atoms with Crippen molar-refractivity contribution in [3.8, 4) is 28.4 Å². The summed E-state index contributed by atoms with van der Waals surface area (Å²) < 4.78 is 17.3. The van der Waals surface area contributed by atoms with E-state index in [1.807, 2.05) is 78.9 Å². The maximum Gasteiger partial charge on any atom is 0.343 e. The van der Waals surface area contributed by atoms with Crippen LogP contribution in [0.3, 0.4) is 0 Å². The number of carbonyl (C=O) groups is 1. The monoisotopic (exact) mass is 564 g/mol. The minimum atomic E-state index is -0.384. The molecule has 220 valence electrons. The molecular weight excluding hydrogens is 520 g/mol. The lowest BCUT2D eigenvalue weighted by molar-refractivity contribution is 0.0734. The van der Waals surface area contributed by atoms with Crippen molar-refractivity contribution in [2.45, 2.75) is 77.7 Å². The van der Waals surface area contributed by atoms with E-state index in [2.05, 4.69) is 6.92 Å². The van der Waals surface area contributed by atoms with Crippen molar-refractivity contribution in [3.63, 3.8) is 0 Å². The van der Waals surface area contributed by atoms with Crippen LogP contribution >= 0.6 is 0 Å². The first-order valence-electron chi connectivity index (χ1n) is 15.5. The third kappa shape index (κ3) is 10.7. The van der Waals surface area contributed by atoms with Gasteiger partial charge in [-0.2, -0.15) is 0 Å². The maximum atomic E-state index is 12.7. The summed E-state index contributed by atoms with van der Waals surface area (Å²) in [4.78, 5) is 12.7. The Bertz CT molecular complexity index is 1300. The Kier molecular flexibility index (Phi) is 13.0. The predicted octanol–water partition coefficient (Wildman–Crippen LogP) is 10.5. The number of benzene rings is 4. The fraction of sp³-hybridized carbons (Fsp3) is 0.342. The number of hydrogen-bond donors (Lipinski definition) is 0. The van der Waals surface area contributed by atoms with Gasteiger partial charge in [-0.05, 0) is 71.6 Å². The quantitative estimate of drug-likeness (QED) is 0.0685. The summed E-state index contributed by atoms with van der Waals surface area (Å²) in [7, 11) is 0. The second-order valence-electron chi connectivity index (χ2n) is 10.8. The summed E-state index contributed by atoms with van der Waals surface area (Å²) in [6, 6.07) is 32.8. The van der Waals surface area contributed by atoms with Crippen LogP contribution in [0.25, 0.3) is 11.1 Å². The molecule has 0 aliphatic carbocycles. The van der Waals surface area contributed by atoms with Crippen LogP contribution in [0.15, 0.2) is 103 Å². The van der Waals surface area contributed by atoms with Gasteiger partial charge in [-0.3, -0.25) is 0 Å². The van der Waals surface area contributed by atoms with Crippen LogP contribution in [-0.4, -0.2) is 12.6 Å². The van der Waals surface area contributed by atoms with Crippen LogP contribution < -0.4 is 14.2 Å². The molecule has 4 rings (SSSR count). The van der Waals surface area contributed by atoms with Gasteiger partial charge in [-0.15, -0.1) is 0 Å². The zero-order valence-corrected chi connectivity index (χ0v) is 24.9. The van der Waals surface area contributed by atoms with E-state index in [-0.39, 0.29) is 5.97 Å². The molecule has 4 aromatic carbocycles. The van der Waals surface area contributed by atoms with E-state index in [1.165, 1.54) is 57.8 Å². The lowest BCUT2D eigenvalue weighted by Crippen LogP contribution is -2.08. The van der Waals surface area contributed by atoms with Crippen molar-refractivity contribution < 1.29 is 19.0 Å². The van der Waals surface area contributed by atoms with Crippen molar-refractivity contribution in [2.75, 3.05) is 6.61 Å². The van der Waals surface area contributed by atoms with Crippen molar-refractivity contribution >= 4 is 5.97 Å². The standard InChI is InChI=1S/C38H44O4/c1-2-3-4-5-6-7-8-9-10-14-29-40-35-25-27-37(28-26-35)42-38(39)34-19-17-32(18-20-34)33-21-23-36(24-22-33)41-30-31-15-12-11-13-16-31/h11-13,15-28H,2-10,14,29-30H2,1H3. The Hall–Kier alpha value is -4.05. The molecule has 0 bridgehead atoms. The molecule has 0 aromatic heterocycles. The molecule has 4 aromatic rings. The smallest absolute Gasteiger partial charge is 0.343 e. The number of hydrogen-bond acceptors (Lipinski definition) is 4. The van der Waals surface area contributed by atoms with Crippen molar-refractivity contribution in [2.24, 2.45) is 0 Å². The second-order valence-corrected chi connectivity index (χ2v) is 10.8. The van der Waals surface area contributed by atoms with Crippen LogP contribution in [0.2, 0.25) is 0 Å². The van der Waals surface area contributed by atoms with Gasteiger partial charge in [0.15, 0.2) is 0 Å². The van der Waals surface area contributed by atoms with Gasteiger partial charge in [-0.1, -0.05) is 119 Å². The summed E-state index contributed by atoms with van der Waals surface area (Å²) >= 11 is 0. The molecule has 0 saturated carbocycles. The molecule has 0 unspecified atom stereocenters. The maximum absolute atomic E-state index is 12.7. The highest BCUT2D eigenvalue weighted by atomic mass is 16.5. The SMILES string of the molecule is CCCCCCCCCCCCOc1ccc(OC(=O)c2ccc(-c3ccc(OCc4ccccc4)cc3)cc2)cc1. The molecule has 0 saturated heterocycles. The normalized spacial score (nSPS) is 10.8. The highest BCUT2D eigenvalue weighted by Crippen LogP contribution is 2.24. The zero-order valence-electron chi connectivity index (χ0n) is 24.9. The van der Waals surface area contributed by atoms with E-state index in [0.29, 0.717) is 24.5 Å². The minimum absolute atomic E-state index is 0.384. The predicted molar refractivity (Wildman–Crippen MR) is 171 cm³/mol. The number of esters is 1. The van der Waals surface area contributed by atoms with Crippen molar-refractivity contribution in [1.29, 1.82) is 0 Å². The zero-order chi connectivity index (χ0) is 29.2. The van der Waals surface area contributed by atoms with Gasteiger partial charge in [-0.25, -0.2) is 4.79 Å². The van der Waals surface area contributed by atoms with E-state index in [0.717, 1.165) is 34.6 Å². The summed E-state index contributed by atoms with van der Waals surface area (Å²) in [6.45, 7) is 3.51. The fourth-order valence-corrected chi connectivity index (χ4v) is 4.83. The molecule has 0 aliphatic heterocycles. The molecule has 0 amide bonds. The van der Waals surface area contributed by atoms with E-state index in [4.69, 9.17) is 14.2 Å². The number of carbonyl (C=O) groups excluding carboxylic acids is 1. The van der Waals surface area contributed by atoms with Gasteiger partial charge in [0, 0.05) is 0 Å². The number of unbranched alkanes of at least 4 members (excludes halogenated alkanes) is 9. The van der Waals surface area contributed by atoms with Gasteiger partial charge in [0.05, 0.1) is 12.2 Å². The van der Waals surface area contributed by atoms with Crippen molar-refractivity contribution in [1.82, 2.24) is 0 Å². The van der Waals surface area contributed by atoms with Crippen LogP contribution in [-0.2, 0) is 6.61 Å². The summed E-state index contributed by atoms with van der Waals surface area (Å²) in [5, 5.41) is 0. The lowest BCUT2D eigenvalue weighted by atomic mass is 10.0. The third-order valence-corrected chi connectivity index (χ3v) is 7.36. The van der Waals surface area contributed by atoms with Gasteiger partial charge in [0.2, 0.25) is 0 Å². The Morgan fingerprint density at radius 1 is 0.524 bits per heavy atom. The topological polar surface area (TPSA) is 44.8 Å². The Balaban J connectivity index is 1.14. The van der Waals surface area contributed by atoms with Crippen LogP contribution in [0.5, 0.6) is 17.2 Å². The van der Waals surface area contributed by atoms with Crippen molar-refractivity contribution in [3.05, 3.63) is 114 Å². The van der Waals surface area contributed by atoms with Crippen LogP contribution in [0.1, 0.15) is 87.1 Å². The Morgan fingerprint density at radius 3 is 1.64 bits per heavy atom. The number of ether oxygens (including phenoxy) is 3. The van der Waals surface area contributed by atoms with E-state index < -0.39 is 0 Å². The molecule has 0 fully saturated rings. The fourth-order valence-electron chi connectivity index (χ4n) is 4.83. The number of rotatable bonds is 18. The Labute approximate surface area is 251 Å². The molecule has 4 heteroatoms. The minimum Gasteiger partial charge on any atom is -0.494 e. The largest absolute Gasteiger partial charge is 0.494 e. The molecule has 0 spiro atoms. The first kappa shape index (κ1) is 30.9. The van der Waals surface area contributed by atoms with Gasteiger partial charge in [0.25, 0.3) is 0 Å². The molecular formula is C38H44O4. The molecule has 42 heavy (non-hydrogen) atoms. The average Bonchev–Trinajstić information content (AvgIpc) is 3.04. The molecule has 0 heterocycles. The van der Waals surface area contributed by atoms with Gasteiger partial charge >= 0.3 is 5.97 Å². The van der Waals surface area contributed by atoms with Crippen LogP contribution in [0, 0.1) is 0 Å². The van der Waals surface area contributed by atoms with Crippen LogP contribution in [0.4, 0.5) is 0 Å². The highest BCUT2D eigenvalue weighted by Gasteiger charge is 2.10. The molecule has 0 radical (unpaired) electrons. The molecule has 4 nitrogen and oxygen atoms in total. The molecule has 0 atom stereocenters.